The van der Waals surface area contributed by atoms with E-state index < -0.39 is 0 Å². The number of fused-ring (bicyclic) bond motifs is 1. The van der Waals surface area contributed by atoms with Gasteiger partial charge in [-0.2, -0.15) is 0 Å². The Bertz CT molecular complexity index is 790. The van der Waals surface area contributed by atoms with Crippen LogP contribution in [0.5, 0.6) is 0 Å². The van der Waals surface area contributed by atoms with Crippen LogP contribution in [0.4, 0.5) is 0 Å². The highest BCUT2D eigenvalue weighted by molar-refractivity contribution is 6.31. The van der Waals surface area contributed by atoms with Crippen molar-refractivity contribution >= 4 is 22.6 Å². The topological polar surface area (TPSA) is 29.9 Å². The molecule has 1 saturated carbocycles. The third-order valence-electron chi connectivity index (χ3n) is 3.95. The standard InChI is InChI=1S/C17H16ClN3/c18-14-4-3-7-16(13(14)10-19-12-8-9-12)21-11-20-15-5-1-2-6-17(15)21/h1-7,11-12,19H,8-10H2. The van der Waals surface area contributed by atoms with Crippen molar-refractivity contribution in [1.29, 1.82) is 0 Å². The van der Waals surface area contributed by atoms with E-state index in [4.69, 9.17) is 11.6 Å². The Labute approximate surface area is 128 Å². The molecule has 106 valence electrons. The fourth-order valence-electron chi connectivity index (χ4n) is 2.63. The fraction of sp³-hybridized carbons (Fsp3) is 0.235. The van der Waals surface area contributed by atoms with Crippen LogP contribution in [0.15, 0.2) is 48.8 Å². The number of halogens is 1. The first-order valence-electron chi connectivity index (χ1n) is 7.26. The van der Waals surface area contributed by atoms with E-state index in [0.717, 1.165) is 33.9 Å². The molecule has 4 rings (SSSR count). The average Bonchev–Trinajstić information content (AvgIpc) is 3.23. The Hall–Kier alpha value is -1.84. The van der Waals surface area contributed by atoms with Gasteiger partial charge < -0.3 is 5.32 Å². The summed E-state index contributed by atoms with van der Waals surface area (Å²) in [6.45, 7) is 0.798. The van der Waals surface area contributed by atoms with Crippen LogP contribution in [0.3, 0.4) is 0 Å². The van der Waals surface area contributed by atoms with Crippen LogP contribution >= 0.6 is 11.6 Å². The van der Waals surface area contributed by atoms with Gasteiger partial charge in [0, 0.05) is 23.2 Å². The van der Waals surface area contributed by atoms with Crippen molar-refractivity contribution in [2.24, 2.45) is 0 Å². The van der Waals surface area contributed by atoms with Crippen molar-refractivity contribution < 1.29 is 0 Å². The Balaban J connectivity index is 1.81. The lowest BCUT2D eigenvalue weighted by molar-refractivity contribution is 0.685. The summed E-state index contributed by atoms with van der Waals surface area (Å²) in [5.74, 6) is 0. The Morgan fingerprint density at radius 2 is 2.00 bits per heavy atom. The maximum atomic E-state index is 6.43. The Morgan fingerprint density at radius 3 is 2.86 bits per heavy atom. The molecule has 0 saturated heterocycles. The van der Waals surface area contributed by atoms with E-state index in [1.165, 1.54) is 12.8 Å². The molecule has 2 aromatic carbocycles. The van der Waals surface area contributed by atoms with Crippen LogP contribution in [-0.4, -0.2) is 15.6 Å². The van der Waals surface area contributed by atoms with Crippen LogP contribution in [0.2, 0.25) is 5.02 Å². The highest BCUT2D eigenvalue weighted by Crippen LogP contribution is 2.28. The molecule has 1 aliphatic rings. The zero-order valence-electron chi connectivity index (χ0n) is 11.6. The molecule has 0 unspecified atom stereocenters. The van der Waals surface area contributed by atoms with Gasteiger partial charge in [-0.1, -0.05) is 29.8 Å². The zero-order chi connectivity index (χ0) is 14.2. The predicted octanol–water partition coefficient (Wildman–Crippen LogP) is 3.93. The summed E-state index contributed by atoms with van der Waals surface area (Å²) in [6, 6.07) is 14.9. The molecule has 0 atom stereocenters. The summed E-state index contributed by atoms with van der Waals surface area (Å²) in [7, 11) is 0. The van der Waals surface area contributed by atoms with Crippen molar-refractivity contribution in [3.63, 3.8) is 0 Å². The molecule has 0 amide bonds. The smallest absolute Gasteiger partial charge is 0.100 e. The lowest BCUT2D eigenvalue weighted by atomic mass is 10.1. The van der Waals surface area contributed by atoms with Gasteiger partial charge in [0.15, 0.2) is 0 Å². The van der Waals surface area contributed by atoms with Gasteiger partial charge in [-0.05, 0) is 37.1 Å². The number of rotatable bonds is 4. The first-order valence-corrected chi connectivity index (χ1v) is 7.64. The van der Waals surface area contributed by atoms with Crippen LogP contribution in [0, 0.1) is 0 Å². The molecule has 3 nitrogen and oxygen atoms in total. The molecule has 4 heteroatoms. The largest absolute Gasteiger partial charge is 0.310 e. The van der Waals surface area contributed by atoms with Crippen LogP contribution in [0.1, 0.15) is 18.4 Å². The molecule has 0 aliphatic heterocycles. The van der Waals surface area contributed by atoms with Crippen molar-refractivity contribution in [3.05, 3.63) is 59.4 Å². The normalized spacial score (nSPS) is 14.7. The Kier molecular flexibility index (Phi) is 3.17. The van der Waals surface area contributed by atoms with E-state index in [9.17, 15) is 0 Å². The number of hydrogen-bond acceptors (Lipinski definition) is 2. The lowest BCUT2D eigenvalue weighted by Crippen LogP contribution is -2.17. The molecule has 1 fully saturated rings. The van der Waals surface area contributed by atoms with Crippen molar-refractivity contribution in [2.75, 3.05) is 0 Å². The minimum absolute atomic E-state index is 0.661. The van der Waals surface area contributed by atoms with E-state index in [0.29, 0.717) is 6.04 Å². The van der Waals surface area contributed by atoms with Gasteiger partial charge in [-0.25, -0.2) is 4.98 Å². The molecule has 0 radical (unpaired) electrons. The van der Waals surface area contributed by atoms with Gasteiger partial charge in [0.1, 0.15) is 6.33 Å². The lowest BCUT2D eigenvalue weighted by Gasteiger charge is -2.13. The third-order valence-corrected chi connectivity index (χ3v) is 4.31. The highest BCUT2D eigenvalue weighted by Gasteiger charge is 2.21. The van der Waals surface area contributed by atoms with Crippen molar-refractivity contribution in [2.45, 2.75) is 25.4 Å². The van der Waals surface area contributed by atoms with Gasteiger partial charge in [0.25, 0.3) is 0 Å². The molecule has 1 N–H and O–H groups in total. The number of nitrogens with zero attached hydrogens (tertiary/aromatic N) is 2. The maximum Gasteiger partial charge on any atom is 0.100 e. The summed E-state index contributed by atoms with van der Waals surface area (Å²) in [6.07, 6.45) is 4.42. The highest BCUT2D eigenvalue weighted by atomic mass is 35.5. The Morgan fingerprint density at radius 1 is 1.14 bits per heavy atom. The SMILES string of the molecule is Clc1cccc(-n2cnc3ccccc32)c1CNC1CC1. The van der Waals surface area contributed by atoms with E-state index in [1.54, 1.807) is 0 Å². The second-order valence-corrected chi connectivity index (χ2v) is 5.90. The van der Waals surface area contributed by atoms with Gasteiger partial charge in [0.05, 0.1) is 16.7 Å². The molecule has 0 bridgehead atoms. The summed E-state index contributed by atoms with van der Waals surface area (Å²) in [5, 5.41) is 4.35. The molecule has 1 aromatic heterocycles. The van der Waals surface area contributed by atoms with Crippen molar-refractivity contribution in [3.8, 4) is 5.69 Å². The number of benzene rings is 2. The average molecular weight is 298 g/mol. The van der Waals surface area contributed by atoms with E-state index >= 15 is 0 Å². The molecule has 21 heavy (non-hydrogen) atoms. The first-order chi connectivity index (χ1) is 10.3. The molecule has 1 aliphatic carbocycles. The first kappa shape index (κ1) is 12.9. The van der Waals surface area contributed by atoms with Crippen LogP contribution < -0.4 is 5.32 Å². The molecule has 3 aromatic rings. The summed E-state index contributed by atoms with van der Waals surface area (Å²) < 4.78 is 2.12. The van der Waals surface area contributed by atoms with E-state index in [-0.39, 0.29) is 0 Å². The second-order valence-electron chi connectivity index (χ2n) is 5.50. The molecule has 1 heterocycles. The second kappa shape index (κ2) is 5.17. The van der Waals surface area contributed by atoms with Gasteiger partial charge in [0.2, 0.25) is 0 Å². The molecular formula is C17H16ClN3. The van der Waals surface area contributed by atoms with E-state index in [2.05, 4.69) is 27.0 Å². The molecule has 0 spiro atoms. The number of hydrogen-bond donors (Lipinski definition) is 1. The summed E-state index contributed by atoms with van der Waals surface area (Å²) >= 11 is 6.43. The summed E-state index contributed by atoms with van der Waals surface area (Å²) in [5.41, 5.74) is 4.34. The maximum absolute atomic E-state index is 6.43. The zero-order valence-corrected chi connectivity index (χ0v) is 12.3. The van der Waals surface area contributed by atoms with Crippen LogP contribution in [0.25, 0.3) is 16.7 Å². The molecular weight excluding hydrogens is 282 g/mol. The quantitative estimate of drug-likeness (QED) is 0.791. The fourth-order valence-corrected chi connectivity index (χ4v) is 2.87. The van der Waals surface area contributed by atoms with Gasteiger partial charge >= 0.3 is 0 Å². The van der Waals surface area contributed by atoms with E-state index in [1.807, 2.05) is 36.7 Å². The number of para-hydroxylation sites is 2. The minimum atomic E-state index is 0.661. The van der Waals surface area contributed by atoms with Crippen molar-refractivity contribution in [1.82, 2.24) is 14.9 Å². The predicted molar refractivity (Wildman–Crippen MR) is 85.9 cm³/mol. The van der Waals surface area contributed by atoms with Crippen LogP contribution in [-0.2, 0) is 6.54 Å². The number of imidazole rings is 1. The summed E-state index contributed by atoms with van der Waals surface area (Å²) in [4.78, 5) is 4.47. The minimum Gasteiger partial charge on any atom is -0.310 e. The van der Waals surface area contributed by atoms with Gasteiger partial charge in [-0.15, -0.1) is 0 Å². The third kappa shape index (κ3) is 2.43. The number of aromatic nitrogens is 2. The monoisotopic (exact) mass is 297 g/mol. The van der Waals surface area contributed by atoms with Gasteiger partial charge in [-0.3, -0.25) is 4.57 Å². The number of nitrogens with one attached hydrogen (secondary N) is 1.